The van der Waals surface area contributed by atoms with E-state index in [9.17, 15) is 4.79 Å². The van der Waals surface area contributed by atoms with Gasteiger partial charge in [0.1, 0.15) is 0 Å². The molecule has 0 spiro atoms. The number of fused-ring (bicyclic) bond motifs is 1. The van der Waals surface area contributed by atoms with Crippen LogP contribution in [0.5, 0.6) is 0 Å². The summed E-state index contributed by atoms with van der Waals surface area (Å²) in [5.41, 5.74) is 0.603. The fraction of sp³-hybridized carbons (Fsp3) is 0.545. The van der Waals surface area contributed by atoms with Crippen LogP contribution in [0, 0.1) is 6.92 Å². The van der Waals surface area contributed by atoms with Crippen LogP contribution in [-0.4, -0.2) is 20.6 Å². The van der Waals surface area contributed by atoms with Crippen LogP contribution in [0.4, 0.5) is 5.13 Å². The van der Waals surface area contributed by atoms with Crippen LogP contribution in [-0.2, 0) is 0 Å². The molecule has 0 amide bonds. The van der Waals surface area contributed by atoms with Gasteiger partial charge >= 0.3 is 0 Å². The van der Waals surface area contributed by atoms with Gasteiger partial charge in [-0.2, -0.15) is 4.52 Å². The molecule has 92 valence electrons. The first kappa shape index (κ1) is 12.0. The van der Waals surface area contributed by atoms with Crippen molar-refractivity contribution in [3.05, 3.63) is 22.1 Å². The highest BCUT2D eigenvalue weighted by Gasteiger charge is 2.09. The first-order valence-electron chi connectivity index (χ1n) is 5.74. The van der Waals surface area contributed by atoms with E-state index in [1.807, 2.05) is 6.92 Å². The van der Waals surface area contributed by atoms with E-state index in [0.717, 1.165) is 23.7 Å². The van der Waals surface area contributed by atoms with Crippen LogP contribution in [0.25, 0.3) is 4.96 Å². The van der Waals surface area contributed by atoms with Crippen molar-refractivity contribution < 1.29 is 0 Å². The SMILES string of the molecule is CCC[C@H](C)Nc1nn2c(=O)cc(C)nc2s1. The maximum absolute atomic E-state index is 11.7. The lowest BCUT2D eigenvalue weighted by atomic mass is 10.2. The molecule has 5 nitrogen and oxygen atoms in total. The van der Waals surface area contributed by atoms with Gasteiger partial charge in [-0.15, -0.1) is 5.10 Å². The van der Waals surface area contributed by atoms with Crippen LogP contribution in [0.15, 0.2) is 10.9 Å². The van der Waals surface area contributed by atoms with Gasteiger partial charge in [-0.3, -0.25) is 4.79 Å². The van der Waals surface area contributed by atoms with Crippen LogP contribution < -0.4 is 10.9 Å². The highest BCUT2D eigenvalue weighted by molar-refractivity contribution is 7.20. The minimum absolute atomic E-state index is 0.125. The number of aryl methyl sites for hydroxylation is 1. The Morgan fingerprint density at radius 3 is 3.06 bits per heavy atom. The van der Waals surface area contributed by atoms with Crippen molar-refractivity contribution in [3.63, 3.8) is 0 Å². The van der Waals surface area contributed by atoms with E-state index >= 15 is 0 Å². The maximum atomic E-state index is 11.7. The third-order valence-corrected chi connectivity index (χ3v) is 3.30. The van der Waals surface area contributed by atoms with E-state index in [4.69, 9.17) is 0 Å². The van der Waals surface area contributed by atoms with Gasteiger partial charge in [-0.25, -0.2) is 4.98 Å². The topological polar surface area (TPSA) is 59.3 Å². The average Bonchev–Trinajstić information content (AvgIpc) is 2.60. The van der Waals surface area contributed by atoms with Crippen molar-refractivity contribution >= 4 is 21.4 Å². The molecular weight excluding hydrogens is 236 g/mol. The fourth-order valence-corrected chi connectivity index (χ4v) is 2.66. The number of rotatable bonds is 4. The molecule has 0 aliphatic heterocycles. The molecular formula is C11H16N4OS. The fourth-order valence-electron chi connectivity index (χ4n) is 1.69. The van der Waals surface area contributed by atoms with Gasteiger partial charge in [0, 0.05) is 17.8 Å². The third-order valence-electron chi connectivity index (χ3n) is 2.46. The Morgan fingerprint density at radius 1 is 1.59 bits per heavy atom. The standard InChI is InChI=1S/C11H16N4OS/c1-4-5-7(2)12-10-14-15-9(16)6-8(3)13-11(15)17-10/h6-7H,4-5H2,1-3H3,(H,12,14)/t7-/m0/s1. The zero-order valence-electron chi connectivity index (χ0n) is 10.2. The first-order valence-corrected chi connectivity index (χ1v) is 6.56. The molecule has 0 unspecified atom stereocenters. The van der Waals surface area contributed by atoms with Crippen molar-refractivity contribution in [2.75, 3.05) is 5.32 Å². The number of anilines is 1. The van der Waals surface area contributed by atoms with Crippen LogP contribution in [0.1, 0.15) is 32.4 Å². The monoisotopic (exact) mass is 252 g/mol. The Kier molecular flexibility index (Phi) is 3.42. The van der Waals surface area contributed by atoms with Gasteiger partial charge in [-0.05, 0) is 20.3 Å². The quantitative estimate of drug-likeness (QED) is 0.905. The number of nitrogens with zero attached hydrogens (tertiary/aromatic N) is 3. The van der Waals surface area contributed by atoms with E-state index in [0.29, 0.717) is 11.0 Å². The zero-order valence-corrected chi connectivity index (χ0v) is 11.0. The predicted molar refractivity (Wildman–Crippen MR) is 69.9 cm³/mol. The number of nitrogens with one attached hydrogen (secondary N) is 1. The minimum Gasteiger partial charge on any atom is -0.358 e. The number of aromatic nitrogens is 3. The van der Waals surface area contributed by atoms with Crippen LogP contribution >= 0.6 is 11.3 Å². The molecule has 0 saturated heterocycles. The van der Waals surface area contributed by atoms with Crippen LogP contribution in [0.3, 0.4) is 0 Å². The molecule has 2 heterocycles. The van der Waals surface area contributed by atoms with E-state index in [1.165, 1.54) is 21.9 Å². The van der Waals surface area contributed by atoms with Crippen molar-refractivity contribution in [3.8, 4) is 0 Å². The first-order chi connectivity index (χ1) is 8.10. The molecule has 17 heavy (non-hydrogen) atoms. The summed E-state index contributed by atoms with van der Waals surface area (Å²) in [4.78, 5) is 16.6. The summed E-state index contributed by atoms with van der Waals surface area (Å²) in [6.45, 7) is 6.07. The van der Waals surface area contributed by atoms with Gasteiger partial charge in [0.15, 0.2) is 0 Å². The predicted octanol–water partition coefficient (Wildman–Crippen LogP) is 2.06. The molecule has 0 aliphatic rings. The second-order valence-electron chi connectivity index (χ2n) is 4.17. The van der Waals surface area contributed by atoms with E-state index in [1.54, 1.807) is 0 Å². The Balaban J connectivity index is 2.32. The Morgan fingerprint density at radius 2 is 2.35 bits per heavy atom. The zero-order chi connectivity index (χ0) is 12.4. The molecule has 6 heteroatoms. The summed E-state index contributed by atoms with van der Waals surface area (Å²) in [5.74, 6) is 0. The van der Waals surface area contributed by atoms with Crippen molar-refractivity contribution in [1.82, 2.24) is 14.6 Å². The molecule has 1 atom stereocenters. The summed E-state index contributed by atoms with van der Waals surface area (Å²) in [6.07, 6.45) is 2.20. The van der Waals surface area contributed by atoms with Gasteiger partial charge in [0.05, 0.1) is 0 Å². The largest absolute Gasteiger partial charge is 0.358 e. The third kappa shape index (κ3) is 2.63. The van der Waals surface area contributed by atoms with Gasteiger partial charge < -0.3 is 5.32 Å². The molecule has 0 radical (unpaired) electrons. The van der Waals surface area contributed by atoms with Crippen molar-refractivity contribution in [2.45, 2.75) is 39.7 Å². The lowest BCUT2D eigenvalue weighted by Gasteiger charge is -2.09. The van der Waals surface area contributed by atoms with E-state index in [2.05, 4.69) is 29.2 Å². The summed E-state index contributed by atoms with van der Waals surface area (Å²) in [6, 6.07) is 1.85. The Hall–Kier alpha value is -1.43. The molecule has 0 aromatic carbocycles. The molecule has 0 fully saturated rings. The summed E-state index contributed by atoms with van der Waals surface area (Å²) in [7, 11) is 0. The summed E-state index contributed by atoms with van der Waals surface area (Å²) in [5, 5.41) is 8.26. The lowest BCUT2D eigenvalue weighted by Crippen LogP contribution is -2.17. The Bertz CT molecular complexity index is 574. The summed E-state index contributed by atoms with van der Waals surface area (Å²) < 4.78 is 1.35. The number of hydrogen-bond acceptors (Lipinski definition) is 5. The Labute approximate surface area is 104 Å². The normalized spacial score (nSPS) is 12.9. The van der Waals surface area contributed by atoms with Crippen molar-refractivity contribution in [2.24, 2.45) is 0 Å². The second kappa shape index (κ2) is 4.83. The lowest BCUT2D eigenvalue weighted by molar-refractivity contribution is 0.687. The van der Waals surface area contributed by atoms with E-state index in [-0.39, 0.29) is 5.56 Å². The molecule has 2 rings (SSSR count). The highest BCUT2D eigenvalue weighted by Crippen LogP contribution is 2.18. The summed E-state index contributed by atoms with van der Waals surface area (Å²) >= 11 is 1.41. The molecule has 0 saturated carbocycles. The highest BCUT2D eigenvalue weighted by atomic mass is 32.1. The van der Waals surface area contributed by atoms with Gasteiger partial charge in [0.25, 0.3) is 5.56 Å². The minimum atomic E-state index is -0.125. The number of hydrogen-bond donors (Lipinski definition) is 1. The molecule has 0 bridgehead atoms. The van der Waals surface area contributed by atoms with Gasteiger partial charge in [0.2, 0.25) is 10.1 Å². The average molecular weight is 252 g/mol. The smallest absolute Gasteiger partial charge is 0.275 e. The molecule has 0 aliphatic carbocycles. The maximum Gasteiger partial charge on any atom is 0.275 e. The second-order valence-corrected chi connectivity index (χ2v) is 5.13. The molecule has 1 N–H and O–H groups in total. The molecule has 2 aromatic rings. The molecule has 2 aromatic heterocycles. The van der Waals surface area contributed by atoms with Crippen LogP contribution in [0.2, 0.25) is 0 Å². The van der Waals surface area contributed by atoms with Gasteiger partial charge in [-0.1, -0.05) is 24.7 Å². The van der Waals surface area contributed by atoms with E-state index < -0.39 is 0 Å². The van der Waals surface area contributed by atoms with Crippen molar-refractivity contribution in [1.29, 1.82) is 0 Å².